The summed E-state index contributed by atoms with van der Waals surface area (Å²) < 4.78 is 37.4. The third-order valence-corrected chi connectivity index (χ3v) is 6.10. The van der Waals surface area contributed by atoms with Crippen molar-refractivity contribution >= 4 is 21.6 Å². The Labute approximate surface area is 149 Å². The first-order chi connectivity index (χ1) is 11.9. The Morgan fingerprint density at radius 3 is 2.64 bits per heavy atom. The number of methoxy groups -OCH3 is 1. The molecule has 0 unspecified atom stereocenters. The number of nitrogens with one attached hydrogen (secondary N) is 1. The SMILES string of the molecule is CCC[C@@H](C)C(=O)Nc1cc(S(=O)(=O)N2CCOCC2)ccc1OC. The van der Waals surface area contributed by atoms with Gasteiger partial charge in [-0.25, -0.2) is 8.42 Å². The van der Waals surface area contributed by atoms with Crippen molar-refractivity contribution in [1.29, 1.82) is 0 Å². The van der Waals surface area contributed by atoms with E-state index in [1.165, 1.54) is 23.5 Å². The van der Waals surface area contributed by atoms with Crippen molar-refractivity contribution in [3.63, 3.8) is 0 Å². The van der Waals surface area contributed by atoms with Gasteiger partial charge in [-0.15, -0.1) is 0 Å². The Hall–Kier alpha value is -1.64. The molecular weight excluding hydrogens is 344 g/mol. The van der Waals surface area contributed by atoms with E-state index < -0.39 is 10.0 Å². The number of rotatable bonds is 7. The molecule has 0 aliphatic carbocycles. The van der Waals surface area contributed by atoms with Gasteiger partial charge in [-0.05, 0) is 24.6 Å². The highest BCUT2D eigenvalue weighted by Crippen LogP contribution is 2.29. The van der Waals surface area contributed by atoms with Gasteiger partial charge < -0.3 is 14.8 Å². The van der Waals surface area contributed by atoms with Gasteiger partial charge in [0.25, 0.3) is 0 Å². The minimum atomic E-state index is -3.63. The minimum Gasteiger partial charge on any atom is -0.495 e. The predicted octanol–water partition coefficient (Wildman–Crippen LogP) is 2.09. The molecule has 1 aliphatic heterocycles. The Balaban J connectivity index is 2.28. The van der Waals surface area contributed by atoms with Gasteiger partial charge >= 0.3 is 0 Å². The fourth-order valence-electron chi connectivity index (χ4n) is 2.70. The number of ether oxygens (including phenoxy) is 2. The molecule has 1 saturated heterocycles. The summed E-state index contributed by atoms with van der Waals surface area (Å²) in [4.78, 5) is 12.4. The molecule has 8 heteroatoms. The molecule has 1 amide bonds. The van der Waals surface area contributed by atoms with E-state index in [1.54, 1.807) is 6.07 Å². The highest BCUT2D eigenvalue weighted by molar-refractivity contribution is 7.89. The Morgan fingerprint density at radius 1 is 1.36 bits per heavy atom. The summed E-state index contributed by atoms with van der Waals surface area (Å²) in [6.07, 6.45) is 1.66. The van der Waals surface area contributed by atoms with E-state index in [9.17, 15) is 13.2 Å². The molecular formula is C17H26N2O5S. The number of hydrogen-bond donors (Lipinski definition) is 1. The second-order valence-corrected chi connectivity index (χ2v) is 8.00. The van der Waals surface area contributed by atoms with E-state index >= 15 is 0 Å². The largest absolute Gasteiger partial charge is 0.495 e. The number of benzene rings is 1. The zero-order chi connectivity index (χ0) is 18.4. The fraction of sp³-hybridized carbons (Fsp3) is 0.588. The average Bonchev–Trinajstić information content (AvgIpc) is 2.62. The van der Waals surface area contributed by atoms with Crippen LogP contribution in [-0.2, 0) is 19.6 Å². The maximum atomic E-state index is 12.8. The second-order valence-electron chi connectivity index (χ2n) is 6.06. The zero-order valence-electron chi connectivity index (χ0n) is 14.9. The van der Waals surface area contributed by atoms with Gasteiger partial charge in [0.1, 0.15) is 5.75 Å². The molecule has 1 fully saturated rings. The number of morpholine rings is 1. The zero-order valence-corrected chi connectivity index (χ0v) is 15.8. The normalized spacial score (nSPS) is 17.1. The Bertz CT molecular complexity index is 699. The molecule has 1 heterocycles. The molecule has 0 saturated carbocycles. The molecule has 1 aromatic rings. The van der Waals surface area contributed by atoms with Gasteiger partial charge in [0.2, 0.25) is 15.9 Å². The summed E-state index contributed by atoms with van der Waals surface area (Å²) in [7, 11) is -2.15. The standard InChI is InChI=1S/C17H26N2O5S/c1-4-5-13(2)17(20)18-15-12-14(6-7-16(15)23-3)25(21,22)19-8-10-24-11-9-19/h6-7,12-13H,4-5,8-11H2,1-3H3,(H,18,20)/t13-/m1/s1. The molecule has 1 aliphatic rings. The predicted molar refractivity (Wildman–Crippen MR) is 95.3 cm³/mol. The van der Waals surface area contributed by atoms with Gasteiger partial charge in [-0.1, -0.05) is 20.3 Å². The number of hydrogen-bond acceptors (Lipinski definition) is 5. The summed E-state index contributed by atoms with van der Waals surface area (Å²) in [6, 6.07) is 4.52. The van der Waals surface area contributed by atoms with Crippen molar-refractivity contribution in [2.24, 2.45) is 5.92 Å². The van der Waals surface area contributed by atoms with Crippen LogP contribution < -0.4 is 10.1 Å². The summed E-state index contributed by atoms with van der Waals surface area (Å²) in [5.74, 6) is 0.119. The highest BCUT2D eigenvalue weighted by atomic mass is 32.2. The Morgan fingerprint density at radius 2 is 2.04 bits per heavy atom. The smallest absolute Gasteiger partial charge is 0.243 e. The van der Waals surface area contributed by atoms with Crippen molar-refractivity contribution < 1.29 is 22.7 Å². The lowest BCUT2D eigenvalue weighted by Crippen LogP contribution is -2.40. The molecule has 140 valence electrons. The number of carbonyl (C=O) groups excluding carboxylic acids is 1. The van der Waals surface area contributed by atoms with Crippen LogP contribution >= 0.6 is 0 Å². The van der Waals surface area contributed by atoms with Gasteiger partial charge in [-0.2, -0.15) is 4.31 Å². The Kier molecular flexibility index (Phi) is 6.80. The first-order valence-corrected chi connectivity index (χ1v) is 9.91. The highest BCUT2D eigenvalue weighted by Gasteiger charge is 2.27. The van der Waals surface area contributed by atoms with Crippen LogP contribution in [0.15, 0.2) is 23.1 Å². The van der Waals surface area contributed by atoms with Crippen molar-refractivity contribution in [2.75, 3.05) is 38.7 Å². The summed E-state index contributed by atoms with van der Waals surface area (Å²) in [5, 5.41) is 2.79. The van der Waals surface area contributed by atoms with Crippen molar-refractivity contribution in [1.82, 2.24) is 4.31 Å². The van der Waals surface area contributed by atoms with Crippen LogP contribution in [0.3, 0.4) is 0 Å². The fourth-order valence-corrected chi connectivity index (χ4v) is 4.14. The number of sulfonamides is 1. The lowest BCUT2D eigenvalue weighted by Gasteiger charge is -2.26. The van der Waals surface area contributed by atoms with Gasteiger partial charge in [0, 0.05) is 19.0 Å². The molecule has 0 spiro atoms. The van der Waals surface area contributed by atoms with Crippen molar-refractivity contribution in [3.05, 3.63) is 18.2 Å². The lowest BCUT2D eigenvalue weighted by molar-refractivity contribution is -0.119. The molecule has 7 nitrogen and oxygen atoms in total. The van der Waals surface area contributed by atoms with E-state index in [2.05, 4.69) is 5.32 Å². The van der Waals surface area contributed by atoms with Crippen LogP contribution in [0.2, 0.25) is 0 Å². The molecule has 0 bridgehead atoms. The number of nitrogens with zero attached hydrogens (tertiary/aromatic N) is 1. The van der Waals surface area contributed by atoms with Gasteiger partial charge in [0.05, 0.1) is 30.9 Å². The number of amides is 1. The maximum Gasteiger partial charge on any atom is 0.243 e. The van der Waals surface area contributed by atoms with Crippen LogP contribution in [0.4, 0.5) is 5.69 Å². The molecule has 25 heavy (non-hydrogen) atoms. The molecule has 1 atom stereocenters. The first kappa shape index (κ1) is 19.7. The molecule has 1 N–H and O–H groups in total. The van der Waals surface area contributed by atoms with E-state index in [1.807, 2.05) is 13.8 Å². The van der Waals surface area contributed by atoms with Crippen LogP contribution in [-0.4, -0.2) is 52.0 Å². The first-order valence-electron chi connectivity index (χ1n) is 8.47. The lowest BCUT2D eigenvalue weighted by atomic mass is 10.1. The third-order valence-electron chi connectivity index (χ3n) is 4.21. The quantitative estimate of drug-likeness (QED) is 0.794. The van der Waals surface area contributed by atoms with Crippen LogP contribution in [0.5, 0.6) is 5.75 Å². The number of carbonyl (C=O) groups is 1. The van der Waals surface area contributed by atoms with E-state index in [-0.39, 0.29) is 16.7 Å². The third kappa shape index (κ3) is 4.71. The van der Waals surface area contributed by atoms with E-state index in [4.69, 9.17) is 9.47 Å². The van der Waals surface area contributed by atoms with E-state index in [0.29, 0.717) is 37.7 Å². The molecule has 2 rings (SSSR count). The van der Waals surface area contributed by atoms with Crippen LogP contribution in [0, 0.1) is 5.92 Å². The molecule has 0 aromatic heterocycles. The topological polar surface area (TPSA) is 84.9 Å². The maximum absolute atomic E-state index is 12.8. The monoisotopic (exact) mass is 370 g/mol. The van der Waals surface area contributed by atoms with Crippen molar-refractivity contribution in [3.8, 4) is 5.75 Å². The summed E-state index contributed by atoms with van der Waals surface area (Å²) in [6.45, 7) is 5.27. The summed E-state index contributed by atoms with van der Waals surface area (Å²) in [5.41, 5.74) is 0.366. The van der Waals surface area contributed by atoms with Gasteiger partial charge in [0.15, 0.2) is 0 Å². The average molecular weight is 370 g/mol. The second kappa shape index (κ2) is 8.64. The minimum absolute atomic E-state index is 0.133. The molecule has 1 aromatic carbocycles. The van der Waals surface area contributed by atoms with Crippen LogP contribution in [0.25, 0.3) is 0 Å². The molecule has 0 radical (unpaired) electrons. The van der Waals surface area contributed by atoms with Crippen molar-refractivity contribution in [2.45, 2.75) is 31.6 Å². The van der Waals surface area contributed by atoms with E-state index in [0.717, 1.165) is 12.8 Å². The summed E-state index contributed by atoms with van der Waals surface area (Å²) >= 11 is 0. The van der Waals surface area contributed by atoms with Gasteiger partial charge in [-0.3, -0.25) is 4.79 Å². The number of anilines is 1. The van der Waals surface area contributed by atoms with Crippen LogP contribution in [0.1, 0.15) is 26.7 Å².